The summed E-state index contributed by atoms with van der Waals surface area (Å²) in [6, 6.07) is 0. The zero-order valence-corrected chi connectivity index (χ0v) is 28.3. The van der Waals surface area contributed by atoms with Crippen LogP contribution in [0.15, 0.2) is 11.8 Å². The number of esters is 2. The lowest BCUT2D eigenvalue weighted by Crippen LogP contribution is -2.61. The van der Waals surface area contributed by atoms with Crippen LogP contribution in [0.25, 0.3) is 0 Å². The second kappa shape index (κ2) is 15.9. The van der Waals surface area contributed by atoms with Crippen LogP contribution in [0, 0.1) is 23.7 Å². The highest BCUT2D eigenvalue weighted by atomic mass is 16.7. The third-order valence-electron chi connectivity index (χ3n) is 9.63. The van der Waals surface area contributed by atoms with Gasteiger partial charge >= 0.3 is 11.9 Å². The molecule has 0 spiro atoms. The van der Waals surface area contributed by atoms with E-state index >= 15 is 0 Å². The van der Waals surface area contributed by atoms with Gasteiger partial charge in [0.2, 0.25) is 6.29 Å². The van der Waals surface area contributed by atoms with Crippen LogP contribution in [0.5, 0.6) is 0 Å². The Morgan fingerprint density at radius 1 is 0.780 bits per heavy atom. The second-order valence-electron chi connectivity index (χ2n) is 14.5. The van der Waals surface area contributed by atoms with Crippen molar-refractivity contribution in [2.75, 3.05) is 26.4 Å². The molecule has 16 atom stereocenters. The van der Waals surface area contributed by atoms with Gasteiger partial charge in [0.25, 0.3) is 0 Å². The zero-order chi connectivity index (χ0) is 36.7. The number of fused-ring (bicyclic) bond motifs is 3. The lowest BCUT2D eigenvalue weighted by Gasteiger charge is -2.43. The van der Waals surface area contributed by atoms with E-state index in [0.29, 0.717) is 5.57 Å². The van der Waals surface area contributed by atoms with Crippen LogP contribution in [0.4, 0.5) is 0 Å². The fourth-order valence-corrected chi connectivity index (χ4v) is 6.94. The van der Waals surface area contributed by atoms with Gasteiger partial charge in [0.15, 0.2) is 12.6 Å². The van der Waals surface area contributed by atoms with Gasteiger partial charge in [-0.3, -0.25) is 9.59 Å². The summed E-state index contributed by atoms with van der Waals surface area (Å²) in [5.41, 5.74) is -1.38. The SMILES string of the molecule is CC(C)CC(=O)OCC1(O)C2OC2C2C(COC3OC(COC4OC(CO)C(O)C(O)C4O)C(O)C(O)C3O)=COC(OC(=O)CC(C)C)C21. The molecule has 16 unspecified atom stereocenters. The Balaban J connectivity index is 1.27. The largest absolute Gasteiger partial charge is 0.462 e. The fraction of sp³-hybridized carbons (Fsp3) is 0.875. The summed E-state index contributed by atoms with van der Waals surface area (Å²) in [5, 5.41) is 83.5. The molecule has 50 heavy (non-hydrogen) atoms. The molecule has 0 amide bonds. The number of aliphatic hydroxyl groups is 8. The Morgan fingerprint density at radius 3 is 1.98 bits per heavy atom. The molecule has 4 aliphatic heterocycles. The third kappa shape index (κ3) is 8.12. The average molecular weight is 723 g/mol. The maximum absolute atomic E-state index is 12.7. The van der Waals surface area contributed by atoms with Crippen LogP contribution in [0.3, 0.4) is 0 Å². The molecule has 286 valence electrons. The standard InChI is InChI=1S/C32H50O18/c1-12(2)5-17(34)46-11-32(42)20-19(27-28(32)50-27)14(8-43-29(20)49-18(35)6-13(3)4)9-44-30-26(41)24(39)22(37)16(48-30)10-45-31-25(40)23(38)21(36)15(7-33)47-31/h8,12-13,15-16,19-31,33,36-42H,5-7,9-11H2,1-4H3. The molecule has 4 heterocycles. The molecule has 0 radical (unpaired) electrons. The summed E-state index contributed by atoms with van der Waals surface area (Å²) >= 11 is 0. The summed E-state index contributed by atoms with van der Waals surface area (Å²) in [4.78, 5) is 25.1. The van der Waals surface area contributed by atoms with E-state index in [1.165, 1.54) is 6.26 Å². The van der Waals surface area contributed by atoms with Crippen molar-refractivity contribution >= 4 is 11.9 Å². The highest BCUT2D eigenvalue weighted by Gasteiger charge is 2.74. The van der Waals surface area contributed by atoms with Crippen molar-refractivity contribution in [3.8, 4) is 0 Å². The van der Waals surface area contributed by atoms with Crippen molar-refractivity contribution in [1.82, 2.24) is 0 Å². The molecular formula is C32H50O18. The second-order valence-corrected chi connectivity index (χ2v) is 14.5. The Kier molecular flexibility index (Phi) is 12.5. The zero-order valence-electron chi connectivity index (χ0n) is 28.3. The number of ether oxygens (including phenoxy) is 8. The molecule has 1 saturated carbocycles. The first-order valence-electron chi connectivity index (χ1n) is 16.9. The predicted octanol–water partition coefficient (Wildman–Crippen LogP) is -3.21. The molecule has 3 saturated heterocycles. The Morgan fingerprint density at radius 2 is 1.36 bits per heavy atom. The number of hydrogen-bond donors (Lipinski definition) is 8. The molecule has 1 aliphatic carbocycles. The minimum Gasteiger partial charge on any atom is -0.462 e. The van der Waals surface area contributed by atoms with Gasteiger partial charge in [0, 0.05) is 18.8 Å². The number of carbonyl (C=O) groups excluding carboxylic acids is 2. The molecule has 8 N–H and O–H groups in total. The average Bonchev–Trinajstić information content (AvgIpc) is 3.81. The maximum atomic E-state index is 12.7. The van der Waals surface area contributed by atoms with Gasteiger partial charge < -0.3 is 78.7 Å². The first-order valence-corrected chi connectivity index (χ1v) is 16.9. The monoisotopic (exact) mass is 722 g/mol. The van der Waals surface area contributed by atoms with Crippen molar-refractivity contribution in [2.24, 2.45) is 23.7 Å². The normalized spacial score (nSPS) is 43.9. The molecular weight excluding hydrogens is 672 g/mol. The summed E-state index contributed by atoms with van der Waals surface area (Å²) in [7, 11) is 0. The van der Waals surface area contributed by atoms with E-state index < -0.39 is 129 Å². The summed E-state index contributed by atoms with van der Waals surface area (Å²) < 4.78 is 45.1. The molecule has 18 nitrogen and oxygen atoms in total. The van der Waals surface area contributed by atoms with Crippen molar-refractivity contribution in [3.05, 3.63) is 11.8 Å². The minimum atomic E-state index is -1.79. The Hall–Kier alpha value is -2.04. The van der Waals surface area contributed by atoms with Crippen LogP contribution in [-0.4, -0.2) is 165 Å². The van der Waals surface area contributed by atoms with Crippen LogP contribution in [0.1, 0.15) is 40.5 Å². The molecule has 5 rings (SSSR count). The van der Waals surface area contributed by atoms with E-state index in [0.717, 1.165) is 0 Å². The molecule has 0 aromatic heterocycles. The van der Waals surface area contributed by atoms with Crippen molar-refractivity contribution in [3.63, 3.8) is 0 Å². The lowest BCUT2D eigenvalue weighted by atomic mass is 9.79. The van der Waals surface area contributed by atoms with E-state index in [4.69, 9.17) is 37.9 Å². The topological polar surface area (TPSA) is 273 Å². The maximum Gasteiger partial charge on any atom is 0.309 e. The summed E-state index contributed by atoms with van der Waals surface area (Å²) in [5.74, 6) is -2.67. The molecule has 18 heteroatoms. The van der Waals surface area contributed by atoms with Gasteiger partial charge in [0.05, 0.1) is 38.1 Å². The predicted molar refractivity (Wildman–Crippen MR) is 162 cm³/mol. The number of rotatable bonds is 14. The van der Waals surface area contributed by atoms with Crippen molar-refractivity contribution in [2.45, 2.75) is 126 Å². The molecule has 5 aliphatic rings. The van der Waals surface area contributed by atoms with Gasteiger partial charge in [-0.2, -0.15) is 0 Å². The number of epoxide rings is 1. The molecule has 0 aromatic carbocycles. The number of hydrogen-bond acceptors (Lipinski definition) is 18. The fourth-order valence-electron chi connectivity index (χ4n) is 6.94. The van der Waals surface area contributed by atoms with Gasteiger partial charge in [-0.25, -0.2) is 0 Å². The summed E-state index contributed by atoms with van der Waals surface area (Å²) in [6.45, 7) is 5.38. The van der Waals surface area contributed by atoms with E-state index in [1.54, 1.807) is 0 Å². The number of carbonyl (C=O) groups is 2. The molecule has 0 aromatic rings. The first-order chi connectivity index (χ1) is 23.6. The van der Waals surface area contributed by atoms with E-state index in [9.17, 15) is 50.4 Å². The highest BCUT2D eigenvalue weighted by Crippen LogP contribution is 2.59. The minimum absolute atomic E-state index is 0.0141. The van der Waals surface area contributed by atoms with Crippen molar-refractivity contribution in [1.29, 1.82) is 0 Å². The van der Waals surface area contributed by atoms with Gasteiger partial charge in [0.1, 0.15) is 67.1 Å². The third-order valence-corrected chi connectivity index (χ3v) is 9.63. The van der Waals surface area contributed by atoms with Crippen LogP contribution in [0.2, 0.25) is 0 Å². The van der Waals surface area contributed by atoms with Gasteiger partial charge in [-0.15, -0.1) is 0 Å². The van der Waals surface area contributed by atoms with Crippen LogP contribution < -0.4 is 0 Å². The van der Waals surface area contributed by atoms with Gasteiger partial charge in [-0.05, 0) is 17.4 Å². The lowest BCUT2D eigenvalue weighted by molar-refractivity contribution is -0.330. The van der Waals surface area contributed by atoms with E-state index in [2.05, 4.69) is 0 Å². The number of aliphatic hydroxyl groups excluding tert-OH is 7. The summed E-state index contributed by atoms with van der Waals surface area (Å²) in [6.07, 6.45) is -17.1. The Labute approximate surface area is 288 Å². The first kappa shape index (κ1) is 39.2. The van der Waals surface area contributed by atoms with E-state index in [1.807, 2.05) is 27.7 Å². The van der Waals surface area contributed by atoms with Crippen molar-refractivity contribution < 1.29 is 88.3 Å². The molecule has 4 fully saturated rings. The van der Waals surface area contributed by atoms with Crippen LogP contribution in [-0.2, 0) is 47.5 Å². The van der Waals surface area contributed by atoms with Gasteiger partial charge in [-0.1, -0.05) is 27.7 Å². The van der Waals surface area contributed by atoms with Crippen LogP contribution >= 0.6 is 0 Å². The Bertz CT molecular complexity index is 1210. The quantitative estimate of drug-likeness (QED) is 0.0647. The van der Waals surface area contributed by atoms with E-state index in [-0.39, 0.29) is 31.3 Å². The highest BCUT2D eigenvalue weighted by molar-refractivity contribution is 5.70. The smallest absolute Gasteiger partial charge is 0.309 e. The molecule has 0 bridgehead atoms.